The Morgan fingerprint density at radius 1 is 1.28 bits per heavy atom. The van der Waals surface area contributed by atoms with Gasteiger partial charge in [0.05, 0.1) is 6.61 Å². The highest BCUT2D eigenvalue weighted by Crippen LogP contribution is 2.35. The molecule has 0 spiro atoms. The summed E-state index contributed by atoms with van der Waals surface area (Å²) in [5.74, 6) is 0. The van der Waals surface area contributed by atoms with Gasteiger partial charge >= 0.3 is 6.18 Å². The Morgan fingerprint density at radius 2 is 1.94 bits per heavy atom. The lowest BCUT2D eigenvalue weighted by Gasteiger charge is -2.31. The molecule has 0 bridgehead atoms. The first-order valence-corrected chi connectivity index (χ1v) is 5.88. The predicted octanol–water partition coefficient (Wildman–Crippen LogP) is 3.06. The third-order valence-corrected chi connectivity index (χ3v) is 3.17. The molecule has 0 aliphatic carbocycles. The second kappa shape index (κ2) is 4.90. The van der Waals surface area contributed by atoms with Gasteiger partial charge in [0.2, 0.25) is 0 Å². The van der Waals surface area contributed by atoms with E-state index in [0.717, 1.165) is 0 Å². The molecular weight excluding hydrogens is 243 g/mol. The Morgan fingerprint density at radius 3 is 2.44 bits per heavy atom. The first-order valence-electron chi connectivity index (χ1n) is 5.88. The van der Waals surface area contributed by atoms with Gasteiger partial charge in [0.25, 0.3) is 0 Å². The maximum atomic E-state index is 13.1. The molecule has 0 amide bonds. The average molecular weight is 259 g/mol. The van der Waals surface area contributed by atoms with Crippen molar-refractivity contribution in [2.24, 2.45) is 0 Å². The monoisotopic (exact) mass is 259 g/mol. The van der Waals surface area contributed by atoms with Gasteiger partial charge in [-0.25, -0.2) is 0 Å². The summed E-state index contributed by atoms with van der Waals surface area (Å²) in [4.78, 5) is 0. The molecule has 1 aliphatic rings. The van der Waals surface area contributed by atoms with Gasteiger partial charge in [0, 0.05) is 12.1 Å². The molecule has 1 saturated heterocycles. The van der Waals surface area contributed by atoms with Crippen molar-refractivity contribution in [1.29, 1.82) is 0 Å². The second-order valence-electron chi connectivity index (χ2n) is 4.89. The minimum atomic E-state index is -4.31. The molecule has 1 fully saturated rings. The Kier molecular flexibility index (Phi) is 3.64. The summed E-state index contributed by atoms with van der Waals surface area (Å²) in [7, 11) is 0. The number of halogens is 3. The molecule has 1 N–H and O–H groups in total. The van der Waals surface area contributed by atoms with Crippen LogP contribution in [0.15, 0.2) is 30.3 Å². The molecule has 1 aliphatic heterocycles. The van der Waals surface area contributed by atoms with Crippen molar-refractivity contribution in [1.82, 2.24) is 5.32 Å². The zero-order valence-corrected chi connectivity index (χ0v) is 10.1. The molecule has 18 heavy (non-hydrogen) atoms. The number of rotatable bonds is 3. The molecule has 0 aromatic heterocycles. The number of alkyl halides is 3. The van der Waals surface area contributed by atoms with E-state index in [0.29, 0.717) is 19.6 Å². The number of hydrogen-bond acceptors (Lipinski definition) is 2. The molecule has 100 valence electrons. The topological polar surface area (TPSA) is 21.3 Å². The number of hydrogen-bond donors (Lipinski definition) is 1. The Balaban J connectivity index is 2.21. The first kappa shape index (κ1) is 13.4. The van der Waals surface area contributed by atoms with Gasteiger partial charge in [0.15, 0.2) is 0 Å². The standard InChI is InChI=1S/C13H16F3NO/c1-12(7-8-18-9-12)17-11(13(14,15)16)10-5-3-2-4-6-10/h2-6,11,17H,7-9H2,1H3. The third kappa shape index (κ3) is 3.03. The lowest BCUT2D eigenvalue weighted by atomic mass is 9.97. The van der Waals surface area contributed by atoms with Gasteiger partial charge in [-0.05, 0) is 18.9 Å². The van der Waals surface area contributed by atoms with Crippen molar-refractivity contribution in [2.45, 2.75) is 31.1 Å². The molecule has 0 radical (unpaired) electrons. The molecule has 5 heteroatoms. The molecule has 1 aromatic carbocycles. The summed E-state index contributed by atoms with van der Waals surface area (Å²) < 4.78 is 44.6. The van der Waals surface area contributed by atoms with E-state index >= 15 is 0 Å². The molecule has 2 rings (SSSR count). The zero-order valence-electron chi connectivity index (χ0n) is 10.1. The highest BCUT2D eigenvalue weighted by Gasteiger charge is 2.45. The minimum absolute atomic E-state index is 0.234. The Hall–Kier alpha value is -1.07. The minimum Gasteiger partial charge on any atom is -0.379 e. The quantitative estimate of drug-likeness (QED) is 0.900. The molecule has 2 unspecified atom stereocenters. The van der Waals surface area contributed by atoms with Crippen LogP contribution >= 0.6 is 0 Å². The highest BCUT2D eigenvalue weighted by molar-refractivity contribution is 5.21. The molecule has 2 nitrogen and oxygen atoms in total. The molecule has 1 aromatic rings. The van der Waals surface area contributed by atoms with Gasteiger partial charge in [-0.15, -0.1) is 0 Å². The zero-order chi connectivity index (χ0) is 13.2. The van der Waals surface area contributed by atoms with E-state index < -0.39 is 17.8 Å². The van der Waals surface area contributed by atoms with Crippen LogP contribution < -0.4 is 5.32 Å². The van der Waals surface area contributed by atoms with E-state index in [9.17, 15) is 13.2 Å². The smallest absolute Gasteiger partial charge is 0.379 e. The van der Waals surface area contributed by atoms with Crippen molar-refractivity contribution >= 4 is 0 Å². The summed E-state index contributed by atoms with van der Waals surface area (Å²) in [6.07, 6.45) is -3.72. The third-order valence-electron chi connectivity index (χ3n) is 3.17. The summed E-state index contributed by atoms with van der Waals surface area (Å²) in [5.41, 5.74) is -0.381. The highest BCUT2D eigenvalue weighted by atomic mass is 19.4. The van der Waals surface area contributed by atoms with Gasteiger partial charge in [-0.2, -0.15) is 13.2 Å². The Labute approximate surface area is 104 Å². The van der Waals surface area contributed by atoms with E-state index in [1.807, 2.05) is 0 Å². The van der Waals surface area contributed by atoms with Gasteiger partial charge in [-0.1, -0.05) is 30.3 Å². The molecule has 2 atom stereocenters. The van der Waals surface area contributed by atoms with Crippen LogP contribution in [-0.4, -0.2) is 24.9 Å². The molecular formula is C13H16F3NO. The fourth-order valence-corrected chi connectivity index (χ4v) is 2.13. The van der Waals surface area contributed by atoms with E-state index in [4.69, 9.17) is 4.74 Å². The largest absolute Gasteiger partial charge is 0.407 e. The van der Waals surface area contributed by atoms with Gasteiger partial charge in [-0.3, -0.25) is 5.32 Å². The van der Waals surface area contributed by atoms with Gasteiger partial charge < -0.3 is 4.74 Å². The maximum Gasteiger partial charge on any atom is 0.407 e. The van der Waals surface area contributed by atoms with Crippen LogP contribution in [0.5, 0.6) is 0 Å². The average Bonchev–Trinajstić information content (AvgIpc) is 2.73. The van der Waals surface area contributed by atoms with Crippen molar-refractivity contribution in [3.63, 3.8) is 0 Å². The lowest BCUT2D eigenvalue weighted by Crippen LogP contribution is -2.49. The normalized spacial score (nSPS) is 26.2. The summed E-state index contributed by atoms with van der Waals surface area (Å²) in [5, 5.41) is 2.70. The van der Waals surface area contributed by atoms with Crippen molar-refractivity contribution in [3.05, 3.63) is 35.9 Å². The van der Waals surface area contributed by atoms with Crippen LogP contribution in [0.2, 0.25) is 0 Å². The van der Waals surface area contributed by atoms with E-state index in [2.05, 4.69) is 5.32 Å². The summed E-state index contributed by atoms with van der Waals surface area (Å²) in [6.45, 7) is 2.58. The predicted molar refractivity (Wildman–Crippen MR) is 62.2 cm³/mol. The Bertz CT molecular complexity index is 385. The van der Waals surface area contributed by atoms with E-state index in [-0.39, 0.29) is 5.56 Å². The fourth-order valence-electron chi connectivity index (χ4n) is 2.13. The first-order chi connectivity index (χ1) is 8.41. The van der Waals surface area contributed by atoms with Gasteiger partial charge in [0.1, 0.15) is 6.04 Å². The van der Waals surface area contributed by atoms with Crippen molar-refractivity contribution in [3.8, 4) is 0 Å². The van der Waals surface area contributed by atoms with Crippen molar-refractivity contribution < 1.29 is 17.9 Å². The molecule has 0 saturated carbocycles. The van der Waals surface area contributed by atoms with Crippen LogP contribution in [0.1, 0.15) is 24.9 Å². The number of benzene rings is 1. The van der Waals surface area contributed by atoms with Crippen LogP contribution in [0.25, 0.3) is 0 Å². The van der Waals surface area contributed by atoms with Crippen LogP contribution in [-0.2, 0) is 4.74 Å². The lowest BCUT2D eigenvalue weighted by molar-refractivity contribution is -0.162. The van der Waals surface area contributed by atoms with Crippen LogP contribution in [0.3, 0.4) is 0 Å². The second-order valence-corrected chi connectivity index (χ2v) is 4.89. The van der Waals surface area contributed by atoms with Crippen LogP contribution in [0, 0.1) is 0 Å². The number of ether oxygens (including phenoxy) is 1. The van der Waals surface area contributed by atoms with Crippen molar-refractivity contribution in [2.75, 3.05) is 13.2 Å². The molecule has 1 heterocycles. The van der Waals surface area contributed by atoms with Crippen LogP contribution in [0.4, 0.5) is 13.2 Å². The van der Waals surface area contributed by atoms with E-state index in [1.54, 1.807) is 25.1 Å². The SMILES string of the molecule is CC1(NC(c2ccccc2)C(F)(F)F)CCOC1. The maximum absolute atomic E-state index is 13.1. The summed E-state index contributed by atoms with van der Waals surface area (Å²) in [6, 6.07) is 6.27. The summed E-state index contributed by atoms with van der Waals surface area (Å²) >= 11 is 0. The number of nitrogens with one attached hydrogen (secondary N) is 1. The van der Waals surface area contributed by atoms with E-state index in [1.165, 1.54) is 12.1 Å². The fraction of sp³-hybridized carbons (Fsp3) is 0.538.